The van der Waals surface area contributed by atoms with Crippen LogP contribution in [0.25, 0.3) is 0 Å². The SMILES string of the molecule is CCC1(C)C(=O)NC(=O)N1Cc1ccc(C#N)cc1Cl. The maximum atomic E-state index is 11.9. The molecule has 2 rings (SSSR count). The minimum Gasteiger partial charge on any atom is -0.306 e. The average molecular weight is 292 g/mol. The lowest BCUT2D eigenvalue weighted by atomic mass is 9.96. The second-order valence-corrected chi connectivity index (χ2v) is 5.30. The molecule has 1 fully saturated rings. The number of carbonyl (C=O) groups excluding carboxylic acids is 2. The van der Waals surface area contributed by atoms with Crippen LogP contribution in [0.2, 0.25) is 5.02 Å². The maximum Gasteiger partial charge on any atom is 0.325 e. The zero-order valence-electron chi connectivity index (χ0n) is 11.2. The molecule has 1 saturated heterocycles. The van der Waals surface area contributed by atoms with Gasteiger partial charge in [0.2, 0.25) is 0 Å². The summed E-state index contributed by atoms with van der Waals surface area (Å²) in [6.45, 7) is 3.81. The Labute approximate surface area is 122 Å². The number of carbonyl (C=O) groups is 2. The topological polar surface area (TPSA) is 73.2 Å². The molecule has 1 N–H and O–H groups in total. The van der Waals surface area contributed by atoms with Crippen molar-refractivity contribution in [2.24, 2.45) is 0 Å². The number of nitrogens with one attached hydrogen (secondary N) is 1. The van der Waals surface area contributed by atoms with Crippen LogP contribution in [0.3, 0.4) is 0 Å². The summed E-state index contributed by atoms with van der Waals surface area (Å²) >= 11 is 6.11. The summed E-state index contributed by atoms with van der Waals surface area (Å²) in [5, 5.41) is 11.5. The smallest absolute Gasteiger partial charge is 0.306 e. The molecule has 1 aliphatic heterocycles. The zero-order valence-corrected chi connectivity index (χ0v) is 12.0. The molecule has 0 aromatic heterocycles. The number of rotatable bonds is 3. The minimum absolute atomic E-state index is 0.229. The molecule has 0 spiro atoms. The molecule has 0 aliphatic carbocycles. The van der Waals surface area contributed by atoms with Gasteiger partial charge in [-0.3, -0.25) is 10.1 Å². The summed E-state index contributed by atoms with van der Waals surface area (Å²) in [6.07, 6.45) is 0.512. The van der Waals surface area contributed by atoms with Gasteiger partial charge in [0, 0.05) is 11.6 Å². The predicted molar refractivity (Wildman–Crippen MR) is 73.9 cm³/mol. The number of nitrogens with zero attached hydrogens (tertiary/aromatic N) is 2. The normalized spacial score (nSPS) is 21.8. The summed E-state index contributed by atoms with van der Waals surface area (Å²) < 4.78 is 0. The van der Waals surface area contributed by atoms with Crippen molar-refractivity contribution in [2.45, 2.75) is 32.4 Å². The van der Waals surface area contributed by atoms with Crippen molar-refractivity contribution in [3.05, 3.63) is 34.3 Å². The van der Waals surface area contributed by atoms with Crippen molar-refractivity contribution in [1.82, 2.24) is 10.2 Å². The summed E-state index contributed by atoms with van der Waals surface area (Å²) in [5.41, 5.74) is 0.294. The Kier molecular flexibility index (Phi) is 3.69. The van der Waals surface area contributed by atoms with Gasteiger partial charge in [0.1, 0.15) is 5.54 Å². The van der Waals surface area contributed by atoms with E-state index in [2.05, 4.69) is 5.32 Å². The van der Waals surface area contributed by atoms with Crippen LogP contribution < -0.4 is 5.32 Å². The first-order chi connectivity index (χ1) is 9.42. The lowest BCUT2D eigenvalue weighted by Crippen LogP contribution is -2.46. The fourth-order valence-corrected chi connectivity index (χ4v) is 2.40. The fraction of sp³-hybridized carbons (Fsp3) is 0.357. The Bertz CT molecular complexity index is 623. The van der Waals surface area contributed by atoms with Crippen LogP contribution in [0.15, 0.2) is 18.2 Å². The van der Waals surface area contributed by atoms with Gasteiger partial charge in [0.25, 0.3) is 5.91 Å². The van der Waals surface area contributed by atoms with Gasteiger partial charge in [-0.2, -0.15) is 5.26 Å². The number of imide groups is 1. The predicted octanol–water partition coefficient (Wildman–Crippen LogP) is 2.43. The van der Waals surface area contributed by atoms with Gasteiger partial charge in [0.05, 0.1) is 11.6 Å². The van der Waals surface area contributed by atoms with Crippen molar-refractivity contribution < 1.29 is 9.59 Å². The van der Waals surface area contributed by atoms with E-state index in [-0.39, 0.29) is 12.5 Å². The zero-order chi connectivity index (χ0) is 14.9. The van der Waals surface area contributed by atoms with Crippen molar-refractivity contribution in [3.63, 3.8) is 0 Å². The van der Waals surface area contributed by atoms with Crippen molar-refractivity contribution in [2.75, 3.05) is 0 Å². The highest BCUT2D eigenvalue weighted by atomic mass is 35.5. The lowest BCUT2D eigenvalue weighted by Gasteiger charge is -2.31. The molecule has 3 amide bonds. The molecule has 20 heavy (non-hydrogen) atoms. The first-order valence-electron chi connectivity index (χ1n) is 6.24. The second kappa shape index (κ2) is 5.14. The number of amides is 3. The Morgan fingerprint density at radius 1 is 1.45 bits per heavy atom. The van der Waals surface area contributed by atoms with Crippen molar-refractivity contribution >= 4 is 23.5 Å². The summed E-state index contributed by atoms with van der Waals surface area (Å²) in [6, 6.07) is 6.48. The molecule has 6 heteroatoms. The quantitative estimate of drug-likeness (QED) is 0.869. The molecule has 104 valence electrons. The van der Waals surface area contributed by atoms with E-state index < -0.39 is 11.6 Å². The molecule has 1 aliphatic rings. The highest BCUT2D eigenvalue weighted by molar-refractivity contribution is 6.31. The lowest BCUT2D eigenvalue weighted by molar-refractivity contribution is -0.126. The fourth-order valence-electron chi connectivity index (χ4n) is 2.16. The highest BCUT2D eigenvalue weighted by Gasteiger charge is 2.47. The monoisotopic (exact) mass is 291 g/mol. The van der Waals surface area contributed by atoms with Gasteiger partial charge in [-0.25, -0.2) is 4.79 Å². The molecule has 1 heterocycles. The van der Waals surface area contributed by atoms with Gasteiger partial charge in [-0.15, -0.1) is 0 Å². The largest absolute Gasteiger partial charge is 0.325 e. The molecule has 1 aromatic rings. The van der Waals surface area contributed by atoms with Crippen LogP contribution >= 0.6 is 11.6 Å². The Morgan fingerprint density at radius 2 is 2.15 bits per heavy atom. The van der Waals surface area contributed by atoms with Crippen molar-refractivity contribution in [3.8, 4) is 6.07 Å². The number of benzene rings is 1. The maximum absolute atomic E-state index is 11.9. The number of nitriles is 1. The van der Waals surface area contributed by atoms with Crippen LogP contribution in [0, 0.1) is 11.3 Å². The average Bonchev–Trinajstić information content (AvgIpc) is 2.64. The van der Waals surface area contributed by atoms with E-state index in [9.17, 15) is 9.59 Å². The third-order valence-electron chi connectivity index (χ3n) is 3.75. The Balaban J connectivity index is 2.32. The van der Waals surface area contributed by atoms with Crippen LogP contribution in [-0.2, 0) is 11.3 Å². The van der Waals surface area contributed by atoms with Gasteiger partial charge < -0.3 is 4.90 Å². The molecule has 0 bridgehead atoms. The first-order valence-corrected chi connectivity index (χ1v) is 6.61. The Hall–Kier alpha value is -2.06. The van der Waals surface area contributed by atoms with E-state index in [1.54, 1.807) is 25.1 Å². The van der Waals surface area contributed by atoms with E-state index in [0.717, 1.165) is 0 Å². The van der Waals surface area contributed by atoms with E-state index in [0.29, 0.717) is 22.6 Å². The number of hydrogen-bond donors (Lipinski definition) is 1. The van der Waals surface area contributed by atoms with Crippen LogP contribution in [0.4, 0.5) is 4.79 Å². The Morgan fingerprint density at radius 3 is 2.70 bits per heavy atom. The van der Waals surface area contributed by atoms with Crippen LogP contribution in [0.1, 0.15) is 31.4 Å². The second-order valence-electron chi connectivity index (χ2n) is 4.89. The minimum atomic E-state index is -0.867. The van der Waals surface area contributed by atoms with E-state index in [4.69, 9.17) is 16.9 Å². The van der Waals surface area contributed by atoms with Gasteiger partial charge in [0.15, 0.2) is 0 Å². The number of urea groups is 1. The first kappa shape index (κ1) is 14.4. The molecule has 1 aromatic carbocycles. The molecule has 0 saturated carbocycles. The van der Waals surface area contributed by atoms with Crippen molar-refractivity contribution in [1.29, 1.82) is 5.26 Å². The van der Waals surface area contributed by atoms with Crippen LogP contribution in [-0.4, -0.2) is 22.4 Å². The molecular weight excluding hydrogens is 278 g/mol. The van der Waals surface area contributed by atoms with Crippen LogP contribution in [0.5, 0.6) is 0 Å². The van der Waals surface area contributed by atoms with E-state index in [1.807, 2.05) is 13.0 Å². The highest BCUT2D eigenvalue weighted by Crippen LogP contribution is 2.29. The number of hydrogen-bond acceptors (Lipinski definition) is 3. The third-order valence-corrected chi connectivity index (χ3v) is 4.10. The van der Waals surface area contributed by atoms with Gasteiger partial charge in [-0.05, 0) is 31.0 Å². The third kappa shape index (κ3) is 2.23. The molecule has 1 unspecified atom stereocenters. The van der Waals surface area contributed by atoms with Gasteiger partial charge >= 0.3 is 6.03 Å². The molecule has 0 radical (unpaired) electrons. The standard InChI is InChI=1S/C14H14ClN3O2/c1-3-14(2)12(19)17-13(20)18(14)8-10-5-4-9(7-16)6-11(10)15/h4-6H,3,8H2,1-2H3,(H,17,19,20). The molecule has 5 nitrogen and oxygen atoms in total. The molecular formula is C14H14ClN3O2. The molecule has 1 atom stereocenters. The van der Waals surface area contributed by atoms with E-state index in [1.165, 1.54) is 4.90 Å². The number of halogens is 1. The van der Waals surface area contributed by atoms with Gasteiger partial charge in [-0.1, -0.05) is 24.6 Å². The van der Waals surface area contributed by atoms with E-state index >= 15 is 0 Å². The summed E-state index contributed by atoms with van der Waals surface area (Å²) in [5.74, 6) is -0.297. The summed E-state index contributed by atoms with van der Waals surface area (Å²) in [7, 11) is 0. The summed E-state index contributed by atoms with van der Waals surface area (Å²) in [4.78, 5) is 25.2.